The molecular formula is C21H26N4O4. The van der Waals surface area contributed by atoms with Crippen LogP contribution in [-0.4, -0.2) is 48.2 Å². The highest BCUT2D eigenvalue weighted by Crippen LogP contribution is 2.27. The highest BCUT2D eigenvalue weighted by molar-refractivity contribution is 5.95. The Bertz CT molecular complexity index is 901. The molecule has 0 aromatic carbocycles. The van der Waals surface area contributed by atoms with E-state index in [1.807, 2.05) is 6.07 Å². The van der Waals surface area contributed by atoms with Crippen molar-refractivity contribution in [2.45, 2.75) is 44.6 Å². The molecule has 0 aliphatic carbocycles. The average Bonchev–Trinajstić information content (AvgIpc) is 2.75. The largest absolute Gasteiger partial charge is 0.427 e. The Balaban J connectivity index is 1.39. The van der Waals surface area contributed by atoms with Crippen molar-refractivity contribution in [1.82, 2.24) is 15.3 Å². The van der Waals surface area contributed by atoms with Crippen LogP contribution in [-0.2, 0) is 4.74 Å². The smallest absolute Gasteiger partial charge is 0.349 e. The molecular weight excluding hydrogens is 372 g/mol. The Morgan fingerprint density at radius 2 is 1.83 bits per heavy atom. The third kappa shape index (κ3) is 4.48. The second-order valence-electron chi connectivity index (χ2n) is 7.66. The van der Waals surface area contributed by atoms with Gasteiger partial charge < -0.3 is 19.4 Å². The molecule has 0 bridgehead atoms. The Labute approximate surface area is 169 Å². The minimum atomic E-state index is -0.556. The van der Waals surface area contributed by atoms with E-state index in [1.165, 1.54) is 0 Å². The predicted octanol–water partition coefficient (Wildman–Crippen LogP) is 2.03. The standard InChI is InChI=1S/C21H26N4O4/c1-14-13-17(15-5-11-28-12-6-15)29-20(27)18(14)19(26)24-16-3-9-25(10-4-16)21-22-7-2-8-23-21/h2,7-8,13,15-16H,3-6,9-12H2,1H3,(H,24,26). The Hall–Kier alpha value is -2.74. The summed E-state index contributed by atoms with van der Waals surface area (Å²) in [7, 11) is 0. The van der Waals surface area contributed by atoms with Gasteiger partial charge in [0.15, 0.2) is 0 Å². The van der Waals surface area contributed by atoms with E-state index in [2.05, 4.69) is 20.2 Å². The lowest BCUT2D eigenvalue weighted by Crippen LogP contribution is -2.46. The second-order valence-corrected chi connectivity index (χ2v) is 7.66. The van der Waals surface area contributed by atoms with Gasteiger partial charge in [-0.25, -0.2) is 14.8 Å². The van der Waals surface area contributed by atoms with Gasteiger partial charge in [-0.2, -0.15) is 0 Å². The molecule has 154 valence electrons. The van der Waals surface area contributed by atoms with E-state index in [0.717, 1.165) is 38.8 Å². The van der Waals surface area contributed by atoms with E-state index in [9.17, 15) is 9.59 Å². The van der Waals surface area contributed by atoms with Gasteiger partial charge in [0.2, 0.25) is 5.95 Å². The van der Waals surface area contributed by atoms with Gasteiger partial charge in [0.1, 0.15) is 11.3 Å². The molecule has 4 rings (SSSR count). The van der Waals surface area contributed by atoms with Crippen molar-refractivity contribution in [2.24, 2.45) is 0 Å². The monoisotopic (exact) mass is 398 g/mol. The number of ether oxygens (including phenoxy) is 1. The van der Waals surface area contributed by atoms with Crippen LogP contribution in [0.1, 0.15) is 53.3 Å². The van der Waals surface area contributed by atoms with Crippen LogP contribution in [0, 0.1) is 6.92 Å². The summed E-state index contributed by atoms with van der Waals surface area (Å²) in [6.45, 7) is 4.64. The molecule has 0 unspecified atom stereocenters. The third-order valence-corrected chi connectivity index (χ3v) is 5.68. The van der Waals surface area contributed by atoms with Crippen molar-refractivity contribution < 1.29 is 13.9 Å². The van der Waals surface area contributed by atoms with Gasteiger partial charge in [-0.1, -0.05) is 0 Å². The van der Waals surface area contributed by atoms with Crippen LogP contribution in [0.15, 0.2) is 33.7 Å². The fraction of sp³-hybridized carbons (Fsp3) is 0.524. The number of carbonyl (C=O) groups is 1. The molecule has 8 nitrogen and oxygen atoms in total. The minimum Gasteiger partial charge on any atom is -0.427 e. The quantitative estimate of drug-likeness (QED) is 0.841. The molecule has 2 fully saturated rings. The molecule has 2 aliphatic rings. The van der Waals surface area contributed by atoms with Crippen molar-refractivity contribution in [2.75, 3.05) is 31.2 Å². The fourth-order valence-corrected chi connectivity index (χ4v) is 4.03. The Morgan fingerprint density at radius 3 is 2.48 bits per heavy atom. The average molecular weight is 398 g/mol. The highest BCUT2D eigenvalue weighted by Gasteiger charge is 2.26. The summed E-state index contributed by atoms with van der Waals surface area (Å²) < 4.78 is 10.9. The van der Waals surface area contributed by atoms with E-state index < -0.39 is 5.63 Å². The van der Waals surface area contributed by atoms with E-state index in [4.69, 9.17) is 9.15 Å². The number of aromatic nitrogens is 2. The summed E-state index contributed by atoms with van der Waals surface area (Å²) in [6, 6.07) is 3.63. The topological polar surface area (TPSA) is 97.6 Å². The lowest BCUT2D eigenvalue weighted by Gasteiger charge is -2.32. The van der Waals surface area contributed by atoms with Gasteiger partial charge in [0.05, 0.1) is 0 Å². The van der Waals surface area contributed by atoms with Crippen LogP contribution in [0.5, 0.6) is 0 Å². The zero-order chi connectivity index (χ0) is 20.2. The molecule has 0 saturated carbocycles. The number of nitrogens with one attached hydrogen (secondary N) is 1. The molecule has 0 radical (unpaired) electrons. The van der Waals surface area contributed by atoms with Gasteiger partial charge in [-0.05, 0) is 50.3 Å². The number of rotatable bonds is 4. The zero-order valence-electron chi connectivity index (χ0n) is 16.6. The minimum absolute atomic E-state index is 0.0106. The molecule has 2 aromatic rings. The molecule has 8 heteroatoms. The van der Waals surface area contributed by atoms with Crippen LogP contribution in [0.25, 0.3) is 0 Å². The number of aryl methyl sites for hydroxylation is 1. The first-order valence-electron chi connectivity index (χ1n) is 10.2. The van der Waals surface area contributed by atoms with E-state index in [-0.39, 0.29) is 23.4 Å². The van der Waals surface area contributed by atoms with Gasteiger partial charge in [-0.15, -0.1) is 0 Å². The molecule has 2 aromatic heterocycles. The molecule has 2 saturated heterocycles. The molecule has 0 spiro atoms. The summed E-state index contributed by atoms with van der Waals surface area (Å²) in [5, 5.41) is 3.00. The van der Waals surface area contributed by atoms with E-state index >= 15 is 0 Å². The first-order chi connectivity index (χ1) is 14.1. The van der Waals surface area contributed by atoms with Crippen LogP contribution in [0.4, 0.5) is 5.95 Å². The summed E-state index contributed by atoms with van der Waals surface area (Å²) >= 11 is 0. The lowest BCUT2D eigenvalue weighted by molar-refractivity contribution is 0.0795. The van der Waals surface area contributed by atoms with Crippen LogP contribution in [0.2, 0.25) is 0 Å². The lowest BCUT2D eigenvalue weighted by atomic mass is 9.95. The van der Waals surface area contributed by atoms with Crippen molar-refractivity contribution in [1.29, 1.82) is 0 Å². The third-order valence-electron chi connectivity index (χ3n) is 5.68. The molecule has 0 atom stereocenters. The first kappa shape index (κ1) is 19.6. The predicted molar refractivity (Wildman–Crippen MR) is 107 cm³/mol. The summed E-state index contributed by atoms with van der Waals surface area (Å²) in [4.78, 5) is 36.0. The number of anilines is 1. The Kier molecular flexibility index (Phi) is 5.89. The zero-order valence-corrected chi connectivity index (χ0v) is 16.6. The van der Waals surface area contributed by atoms with Gasteiger partial charge >= 0.3 is 5.63 Å². The highest BCUT2D eigenvalue weighted by atomic mass is 16.5. The normalized spacial score (nSPS) is 18.6. The van der Waals surface area contributed by atoms with Gasteiger partial charge in [-0.3, -0.25) is 4.79 Å². The molecule has 1 amide bonds. The van der Waals surface area contributed by atoms with Crippen molar-refractivity contribution in [3.8, 4) is 0 Å². The van der Waals surface area contributed by atoms with E-state index in [1.54, 1.807) is 25.4 Å². The number of amides is 1. The van der Waals surface area contributed by atoms with Crippen LogP contribution < -0.4 is 15.8 Å². The van der Waals surface area contributed by atoms with Crippen molar-refractivity contribution in [3.05, 3.63) is 51.8 Å². The maximum absolute atomic E-state index is 12.8. The van der Waals surface area contributed by atoms with Gasteiger partial charge in [0, 0.05) is 50.7 Å². The molecule has 4 heterocycles. The molecule has 29 heavy (non-hydrogen) atoms. The second kappa shape index (κ2) is 8.73. The maximum Gasteiger partial charge on any atom is 0.349 e. The first-order valence-corrected chi connectivity index (χ1v) is 10.2. The van der Waals surface area contributed by atoms with E-state index in [0.29, 0.717) is 30.5 Å². The summed E-state index contributed by atoms with van der Waals surface area (Å²) in [5.74, 6) is 1.18. The van der Waals surface area contributed by atoms with Crippen LogP contribution >= 0.6 is 0 Å². The summed E-state index contributed by atoms with van der Waals surface area (Å²) in [6.07, 6.45) is 6.66. The number of hydrogen-bond donors (Lipinski definition) is 1. The van der Waals surface area contributed by atoms with Crippen LogP contribution in [0.3, 0.4) is 0 Å². The van der Waals surface area contributed by atoms with Crippen molar-refractivity contribution >= 4 is 11.9 Å². The molecule has 1 N–H and O–H groups in total. The number of carbonyl (C=O) groups excluding carboxylic acids is 1. The number of hydrogen-bond acceptors (Lipinski definition) is 7. The maximum atomic E-state index is 12.8. The summed E-state index contributed by atoms with van der Waals surface area (Å²) in [5.41, 5.74) is 0.212. The van der Waals surface area contributed by atoms with Crippen molar-refractivity contribution in [3.63, 3.8) is 0 Å². The Morgan fingerprint density at radius 1 is 1.14 bits per heavy atom. The molecule has 2 aliphatic heterocycles. The number of piperidine rings is 1. The SMILES string of the molecule is Cc1cc(C2CCOCC2)oc(=O)c1C(=O)NC1CCN(c2ncccn2)CC1. The number of nitrogens with zero attached hydrogens (tertiary/aromatic N) is 3. The van der Waals surface area contributed by atoms with Gasteiger partial charge in [0.25, 0.3) is 5.91 Å². The fourth-order valence-electron chi connectivity index (χ4n) is 4.03.